The summed E-state index contributed by atoms with van der Waals surface area (Å²) < 4.78 is 13.0. The molecule has 1 aliphatic heterocycles. The SMILES string of the molecule is CC(C)N1CCC(CC(=O)N[C@H](CO)c2ccc(F)cc2)CC1. The second-order valence-corrected chi connectivity index (χ2v) is 6.63. The third-order valence-corrected chi connectivity index (χ3v) is 4.64. The van der Waals surface area contributed by atoms with Crippen LogP contribution in [0.3, 0.4) is 0 Å². The fraction of sp³-hybridized carbons (Fsp3) is 0.611. The number of nitrogens with one attached hydrogen (secondary N) is 1. The van der Waals surface area contributed by atoms with Crippen LogP contribution in [0.1, 0.15) is 44.7 Å². The number of amides is 1. The molecular weight excluding hydrogens is 295 g/mol. The third kappa shape index (κ3) is 5.29. The van der Waals surface area contributed by atoms with Crippen LogP contribution in [0.25, 0.3) is 0 Å². The molecule has 0 aliphatic carbocycles. The second-order valence-electron chi connectivity index (χ2n) is 6.63. The van der Waals surface area contributed by atoms with E-state index in [0.29, 0.717) is 18.4 Å². The van der Waals surface area contributed by atoms with E-state index < -0.39 is 6.04 Å². The molecule has 5 heteroatoms. The van der Waals surface area contributed by atoms with Crippen molar-refractivity contribution in [1.82, 2.24) is 10.2 Å². The maximum Gasteiger partial charge on any atom is 0.220 e. The summed E-state index contributed by atoms with van der Waals surface area (Å²) >= 11 is 0. The Morgan fingerprint density at radius 1 is 1.30 bits per heavy atom. The van der Waals surface area contributed by atoms with Gasteiger partial charge >= 0.3 is 0 Å². The van der Waals surface area contributed by atoms with E-state index in [9.17, 15) is 14.3 Å². The number of carbonyl (C=O) groups is 1. The van der Waals surface area contributed by atoms with Gasteiger partial charge in [0.05, 0.1) is 12.6 Å². The lowest BCUT2D eigenvalue weighted by molar-refractivity contribution is -0.123. The minimum Gasteiger partial charge on any atom is -0.394 e. The Morgan fingerprint density at radius 3 is 2.43 bits per heavy atom. The monoisotopic (exact) mass is 322 g/mol. The third-order valence-electron chi connectivity index (χ3n) is 4.64. The minimum atomic E-state index is -0.473. The van der Waals surface area contributed by atoms with Crippen molar-refractivity contribution in [2.45, 2.75) is 45.2 Å². The van der Waals surface area contributed by atoms with Crippen LogP contribution >= 0.6 is 0 Å². The summed E-state index contributed by atoms with van der Waals surface area (Å²) in [6.07, 6.45) is 2.56. The van der Waals surface area contributed by atoms with Gasteiger partial charge in [-0.1, -0.05) is 12.1 Å². The minimum absolute atomic E-state index is 0.0450. The summed E-state index contributed by atoms with van der Waals surface area (Å²) in [5.41, 5.74) is 0.719. The molecule has 23 heavy (non-hydrogen) atoms. The average Bonchev–Trinajstić information content (AvgIpc) is 2.54. The van der Waals surface area contributed by atoms with Gasteiger partial charge in [0, 0.05) is 12.5 Å². The first-order chi connectivity index (χ1) is 11.0. The van der Waals surface area contributed by atoms with Gasteiger partial charge in [-0.25, -0.2) is 4.39 Å². The van der Waals surface area contributed by atoms with Crippen molar-refractivity contribution in [2.75, 3.05) is 19.7 Å². The van der Waals surface area contributed by atoms with Gasteiger partial charge < -0.3 is 15.3 Å². The molecule has 0 radical (unpaired) electrons. The highest BCUT2D eigenvalue weighted by atomic mass is 19.1. The molecule has 1 heterocycles. The number of piperidine rings is 1. The Morgan fingerprint density at radius 2 is 1.91 bits per heavy atom. The highest BCUT2D eigenvalue weighted by molar-refractivity contribution is 5.76. The van der Waals surface area contributed by atoms with Gasteiger partial charge in [-0.05, 0) is 63.4 Å². The fourth-order valence-corrected chi connectivity index (χ4v) is 3.12. The van der Waals surface area contributed by atoms with Crippen LogP contribution in [0.2, 0.25) is 0 Å². The topological polar surface area (TPSA) is 52.6 Å². The molecule has 0 aromatic heterocycles. The molecule has 1 aromatic rings. The standard InChI is InChI=1S/C18H27FN2O2/c1-13(2)21-9-7-14(8-10-21)11-18(23)20-17(12-22)15-3-5-16(19)6-4-15/h3-6,13-14,17,22H,7-12H2,1-2H3,(H,20,23)/t17-/m1/s1. The molecule has 1 atom stereocenters. The highest BCUT2D eigenvalue weighted by Crippen LogP contribution is 2.22. The Labute approximate surface area is 137 Å². The van der Waals surface area contributed by atoms with Crippen LogP contribution in [-0.2, 0) is 4.79 Å². The van der Waals surface area contributed by atoms with Crippen molar-refractivity contribution in [3.05, 3.63) is 35.6 Å². The Balaban J connectivity index is 1.82. The van der Waals surface area contributed by atoms with Crippen molar-refractivity contribution in [2.24, 2.45) is 5.92 Å². The molecule has 2 rings (SSSR count). The van der Waals surface area contributed by atoms with Gasteiger partial charge in [-0.3, -0.25) is 4.79 Å². The van der Waals surface area contributed by atoms with Gasteiger partial charge in [0.15, 0.2) is 0 Å². The molecule has 1 amide bonds. The lowest BCUT2D eigenvalue weighted by Gasteiger charge is -2.34. The van der Waals surface area contributed by atoms with E-state index in [1.807, 2.05) is 0 Å². The summed E-state index contributed by atoms with van der Waals surface area (Å²) in [5.74, 6) is 0.0302. The smallest absolute Gasteiger partial charge is 0.220 e. The number of carbonyl (C=O) groups excluding carboxylic acids is 1. The molecule has 0 spiro atoms. The number of rotatable bonds is 6. The van der Waals surface area contributed by atoms with Gasteiger partial charge in [-0.15, -0.1) is 0 Å². The van der Waals surface area contributed by atoms with Crippen molar-refractivity contribution in [3.8, 4) is 0 Å². The van der Waals surface area contributed by atoms with Gasteiger partial charge in [0.25, 0.3) is 0 Å². The van der Waals surface area contributed by atoms with Crippen LogP contribution in [0.15, 0.2) is 24.3 Å². The van der Waals surface area contributed by atoms with Gasteiger partial charge in [-0.2, -0.15) is 0 Å². The lowest BCUT2D eigenvalue weighted by Crippen LogP contribution is -2.40. The predicted molar refractivity (Wildman–Crippen MR) is 88.4 cm³/mol. The van der Waals surface area contributed by atoms with E-state index >= 15 is 0 Å². The molecular formula is C18H27FN2O2. The molecule has 0 unspecified atom stereocenters. The van der Waals surface area contributed by atoms with E-state index in [1.165, 1.54) is 12.1 Å². The Bertz CT molecular complexity index is 496. The molecule has 0 bridgehead atoms. The first kappa shape index (κ1) is 17.9. The lowest BCUT2D eigenvalue weighted by atomic mass is 9.92. The van der Waals surface area contributed by atoms with E-state index in [4.69, 9.17) is 0 Å². The van der Waals surface area contributed by atoms with E-state index in [0.717, 1.165) is 31.5 Å². The van der Waals surface area contributed by atoms with Crippen LogP contribution < -0.4 is 5.32 Å². The zero-order valence-corrected chi connectivity index (χ0v) is 14.0. The summed E-state index contributed by atoms with van der Waals surface area (Å²) in [6, 6.07) is 5.95. The highest BCUT2D eigenvalue weighted by Gasteiger charge is 2.23. The molecule has 1 aromatic carbocycles. The number of benzene rings is 1. The number of halogens is 1. The van der Waals surface area contributed by atoms with Gasteiger partial charge in [0.1, 0.15) is 5.82 Å². The maximum atomic E-state index is 13.0. The first-order valence-corrected chi connectivity index (χ1v) is 8.39. The van der Waals surface area contributed by atoms with Crippen molar-refractivity contribution in [3.63, 3.8) is 0 Å². The molecule has 1 saturated heterocycles. The summed E-state index contributed by atoms with van der Waals surface area (Å²) in [4.78, 5) is 14.7. The zero-order valence-electron chi connectivity index (χ0n) is 14.0. The van der Waals surface area contributed by atoms with Crippen LogP contribution in [0.4, 0.5) is 4.39 Å². The first-order valence-electron chi connectivity index (χ1n) is 8.39. The van der Waals surface area contributed by atoms with E-state index in [-0.39, 0.29) is 18.3 Å². The van der Waals surface area contributed by atoms with Crippen molar-refractivity contribution in [1.29, 1.82) is 0 Å². The normalized spacial score (nSPS) is 18.1. The second kappa shape index (κ2) is 8.41. The van der Waals surface area contributed by atoms with E-state index in [1.54, 1.807) is 12.1 Å². The molecule has 1 aliphatic rings. The largest absolute Gasteiger partial charge is 0.394 e. The number of hydrogen-bond donors (Lipinski definition) is 2. The summed E-state index contributed by atoms with van der Waals surface area (Å²) in [7, 11) is 0. The van der Waals surface area contributed by atoms with Crippen molar-refractivity contribution >= 4 is 5.91 Å². The molecule has 1 fully saturated rings. The molecule has 0 saturated carbocycles. The fourth-order valence-electron chi connectivity index (χ4n) is 3.12. The van der Waals surface area contributed by atoms with Crippen molar-refractivity contribution < 1.29 is 14.3 Å². The number of nitrogens with zero attached hydrogens (tertiary/aromatic N) is 1. The van der Waals surface area contributed by atoms with Crippen LogP contribution in [-0.4, -0.2) is 41.7 Å². The zero-order chi connectivity index (χ0) is 16.8. The number of aliphatic hydroxyl groups excluding tert-OH is 1. The number of hydrogen-bond acceptors (Lipinski definition) is 3. The van der Waals surface area contributed by atoms with Crippen LogP contribution in [0, 0.1) is 11.7 Å². The Hall–Kier alpha value is -1.46. The Kier molecular flexibility index (Phi) is 6.54. The van der Waals surface area contributed by atoms with Crippen LogP contribution in [0.5, 0.6) is 0 Å². The summed E-state index contributed by atoms with van der Waals surface area (Å²) in [6.45, 7) is 6.28. The summed E-state index contributed by atoms with van der Waals surface area (Å²) in [5, 5.41) is 12.3. The molecule has 128 valence electrons. The van der Waals surface area contributed by atoms with Gasteiger partial charge in [0.2, 0.25) is 5.91 Å². The molecule has 2 N–H and O–H groups in total. The van der Waals surface area contributed by atoms with E-state index in [2.05, 4.69) is 24.1 Å². The number of likely N-dealkylation sites (tertiary alicyclic amines) is 1. The maximum absolute atomic E-state index is 13.0. The molecule has 4 nitrogen and oxygen atoms in total. The predicted octanol–water partition coefficient (Wildman–Crippen LogP) is 2.49. The quantitative estimate of drug-likeness (QED) is 0.846. The number of aliphatic hydroxyl groups is 1. The average molecular weight is 322 g/mol.